The lowest BCUT2D eigenvalue weighted by atomic mass is 9.87. The molecule has 1 fully saturated rings. The van der Waals surface area contributed by atoms with Gasteiger partial charge in [0.15, 0.2) is 0 Å². The van der Waals surface area contributed by atoms with Crippen LogP contribution in [0.3, 0.4) is 0 Å². The molecule has 0 radical (unpaired) electrons. The van der Waals surface area contributed by atoms with Crippen molar-refractivity contribution in [3.8, 4) is 0 Å². The van der Waals surface area contributed by atoms with E-state index in [2.05, 4.69) is 26.1 Å². The molecular formula is C13H27N. The Kier molecular flexibility index (Phi) is 5.54. The summed E-state index contributed by atoms with van der Waals surface area (Å²) in [5, 5.41) is 3.68. The SMILES string of the molecule is CCCC(C)C(CCC)CNC1CC1. The summed E-state index contributed by atoms with van der Waals surface area (Å²) in [6.45, 7) is 8.30. The van der Waals surface area contributed by atoms with E-state index in [4.69, 9.17) is 0 Å². The summed E-state index contributed by atoms with van der Waals surface area (Å²) in [5.41, 5.74) is 0. The van der Waals surface area contributed by atoms with Crippen LogP contribution in [0.15, 0.2) is 0 Å². The van der Waals surface area contributed by atoms with Gasteiger partial charge in [0.05, 0.1) is 0 Å². The van der Waals surface area contributed by atoms with Crippen molar-refractivity contribution in [2.24, 2.45) is 11.8 Å². The van der Waals surface area contributed by atoms with Crippen LogP contribution in [0.1, 0.15) is 59.3 Å². The first-order valence-electron chi connectivity index (χ1n) is 6.51. The summed E-state index contributed by atoms with van der Waals surface area (Å²) in [7, 11) is 0. The molecule has 0 saturated heterocycles. The third-order valence-electron chi connectivity index (χ3n) is 3.45. The van der Waals surface area contributed by atoms with Crippen molar-refractivity contribution in [1.82, 2.24) is 5.32 Å². The van der Waals surface area contributed by atoms with Crippen molar-refractivity contribution >= 4 is 0 Å². The molecule has 0 aromatic carbocycles. The number of rotatable bonds is 8. The lowest BCUT2D eigenvalue weighted by Crippen LogP contribution is -2.28. The molecule has 0 heterocycles. The van der Waals surface area contributed by atoms with Gasteiger partial charge in [0.2, 0.25) is 0 Å². The molecule has 1 aliphatic rings. The number of hydrogen-bond donors (Lipinski definition) is 1. The highest BCUT2D eigenvalue weighted by molar-refractivity contribution is 4.82. The predicted molar refractivity (Wildman–Crippen MR) is 63.5 cm³/mol. The van der Waals surface area contributed by atoms with E-state index in [9.17, 15) is 0 Å². The third kappa shape index (κ3) is 4.45. The average molecular weight is 197 g/mol. The van der Waals surface area contributed by atoms with Crippen molar-refractivity contribution in [3.63, 3.8) is 0 Å². The van der Waals surface area contributed by atoms with Crippen LogP contribution in [-0.2, 0) is 0 Å². The molecule has 0 amide bonds. The summed E-state index contributed by atoms with van der Waals surface area (Å²) < 4.78 is 0. The first-order chi connectivity index (χ1) is 6.77. The molecule has 84 valence electrons. The Hall–Kier alpha value is -0.0400. The largest absolute Gasteiger partial charge is 0.314 e. The van der Waals surface area contributed by atoms with Crippen LogP contribution in [0.2, 0.25) is 0 Å². The highest BCUT2D eigenvalue weighted by Gasteiger charge is 2.23. The minimum atomic E-state index is 0.878. The summed E-state index contributed by atoms with van der Waals surface area (Å²) in [5.74, 6) is 1.83. The van der Waals surface area contributed by atoms with Gasteiger partial charge in [-0.25, -0.2) is 0 Å². The lowest BCUT2D eigenvalue weighted by Gasteiger charge is -2.23. The maximum Gasteiger partial charge on any atom is 0.00683 e. The number of nitrogens with one attached hydrogen (secondary N) is 1. The fourth-order valence-electron chi connectivity index (χ4n) is 2.26. The molecule has 1 rings (SSSR count). The standard InChI is InChI=1S/C13H27N/c1-4-6-11(3)12(7-5-2)10-14-13-8-9-13/h11-14H,4-10H2,1-3H3. The first kappa shape index (κ1) is 12.0. The quantitative estimate of drug-likeness (QED) is 0.627. The Morgan fingerprint density at radius 1 is 1.14 bits per heavy atom. The van der Waals surface area contributed by atoms with Crippen LogP contribution >= 0.6 is 0 Å². The minimum absolute atomic E-state index is 0.878. The second-order valence-electron chi connectivity index (χ2n) is 5.00. The van der Waals surface area contributed by atoms with E-state index >= 15 is 0 Å². The maximum absolute atomic E-state index is 3.68. The summed E-state index contributed by atoms with van der Waals surface area (Å²) in [6.07, 6.45) is 8.32. The molecule has 1 aliphatic carbocycles. The summed E-state index contributed by atoms with van der Waals surface area (Å²) >= 11 is 0. The minimum Gasteiger partial charge on any atom is -0.314 e. The van der Waals surface area contributed by atoms with Gasteiger partial charge in [-0.15, -0.1) is 0 Å². The van der Waals surface area contributed by atoms with Gasteiger partial charge in [-0.3, -0.25) is 0 Å². The smallest absolute Gasteiger partial charge is 0.00683 e. The van der Waals surface area contributed by atoms with Crippen molar-refractivity contribution in [2.75, 3.05) is 6.54 Å². The molecule has 0 bridgehead atoms. The van der Waals surface area contributed by atoms with Gasteiger partial charge in [-0.05, 0) is 37.6 Å². The van der Waals surface area contributed by atoms with Crippen LogP contribution in [-0.4, -0.2) is 12.6 Å². The fraction of sp³-hybridized carbons (Fsp3) is 1.00. The molecule has 1 N–H and O–H groups in total. The van der Waals surface area contributed by atoms with Gasteiger partial charge in [0.25, 0.3) is 0 Å². The van der Waals surface area contributed by atoms with Crippen LogP contribution in [0.4, 0.5) is 0 Å². The summed E-state index contributed by atoms with van der Waals surface area (Å²) in [4.78, 5) is 0. The van der Waals surface area contributed by atoms with Crippen molar-refractivity contribution < 1.29 is 0 Å². The van der Waals surface area contributed by atoms with E-state index < -0.39 is 0 Å². The average Bonchev–Trinajstić information content (AvgIpc) is 2.96. The lowest BCUT2D eigenvalue weighted by molar-refractivity contribution is 0.299. The van der Waals surface area contributed by atoms with E-state index in [-0.39, 0.29) is 0 Å². The van der Waals surface area contributed by atoms with Crippen LogP contribution in [0, 0.1) is 11.8 Å². The predicted octanol–water partition coefficient (Wildman–Crippen LogP) is 3.59. The zero-order valence-corrected chi connectivity index (χ0v) is 10.2. The van der Waals surface area contributed by atoms with Gasteiger partial charge in [-0.1, -0.05) is 40.0 Å². The first-order valence-corrected chi connectivity index (χ1v) is 6.51. The van der Waals surface area contributed by atoms with Crippen LogP contribution in [0.5, 0.6) is 0 Å². The molecular weight excluding hydrogens is 170 g/mol. The Bertz CT molecular complexity index is 140. The van der Waals surface area contributed by atoms with E-state index in [0.717, 1.165) is 17.9 Å². The van der Waals surface area contributed by atoms with Crippen LogP contribution < -0.4 is 5.32 Å². The fourth-order valence-corrected chi connectivity index (χ4v) is 2.26. The maximum atomic E-state index is 3.68. The van der Waals surface area contributed by atoms with Crippen LogP contribution in [0.25, 0.3) is 0 Å². The highest BCUT2D eigenvalue weighted by atomic mass is 14.9. The zero-order chi connectivity index (χ0) is 10.4. The second-order valence-corrected chi connectivity index (χ2v) is 5.00. The molecule has 0 aromatic heterocycles. The molecule has 0 aromatic rings. The van der Waals surface area contributed by atoms with E-state index in [1.165, 1.54) is 45.1 Å². The molecule has 14 heavy (non-hydrogen) atoms. The van der Waals surface area contributed by atoms with Crippen molar-refractivity contribution in [1.29, 1.82) is 0 Å². The molecule has 1 heteroatoms. The Balaban J connectivity index is 2.20. The second kappa shape index (κ2) is 6.44. The Labute approximate surface area is 89.7 Å². The molecule has 2 unspecified atom stereocenters. The zero-order valence-electron chi connectivity index (χ0n) is 10.2. The molecule has 2 atom stereocenters. The molecule has 1 nitrogen and oxygen atoms in total. The van der Waals surface area contributed by atoms with E-state index in [1.807, 2.05) is 0 Å². The third-order valence-corrected chi connectivity index (χ3v) is 3.45. The van der Waals surface area contributed by atoms with Crippen molar-refractivity contribution in [2.45, 2.75) is 65.3 Å². The Morgan fingerprint density at radius 2 is 1.79 bits per heavy atom. The summed E-state index contributed by atoms with van der Waals surface area (Å²) in [6, 6.07) is 0.878. The van der Waals surface area contributed by atoms with Gasteiger partial charge < -0.3 is 5.32 Å². The van der Waals surface area contributed by atoms with Gasteiger partial charge >= 0.3 is 0 Å². The van der Waals surface area contributed by atoms with E-state index in [0.29, 0.717) is 0 Å². The topological polar surface area (TPSA) is 12.0 Å². The monoisotopic (exact) mass is 197 g/mol. The molecule has 0 aliphatic heterocycles. The van der Waals surface area contributed by atoms with Crippen molar-refractivity contribution in [3.05, 3.63) is 0 Å². The van der Waals surface area contributed by atoms with E-state index in [1.54, 1.807) is 0 Å². The van der Waals surface area contributed by atoms with Gasteiger partial charge in [0.1, 0.15) is 0 Å². The number of hydrogen-bond acceptors (Lipinski definition) is 1. The normalized spacial score (nSPS) is 20.8. The molecule has 0 spiro atoms. The Morgan fingerprint density at radius 3 is 2.29 bits per heavy atom. The molecule has 1 saturated carbocycles. The van der Waals surface area contributed by atoms with Gasteiger partial charge in [-0.2, -0.15) is 0 Å². The van der Waals surface area contributed by atoms with Gasteiger partial charge in [0, 0.05) is 6.04 Å². The highest BCUT2D eigenvalue weighted by Crippen LogP contribution is 2.24.